The quantitative estimate of drug-likeness (QED) is 0.348. The summed E-state index contributed by atoms with van der Waals surface area (Å²) in [6.45, 7) is 3.54. The average molecular weight is 538 g/mol. The number of likely N-dealkylation sites (tertiary alicyclic amines) is 1. The van der Waals surface area contributed by atoms with Crippen LogP contribution in [0.2, 0.25) is 0 Å². The molecule has 3 rings (SSSR count). The fourth-order valence-corrected chi connectivity index (χ4v) is 3.21. The van der Waals surface area contributed by atoms with E-state index >= 15 is 0 Å². The SMILES string of the molecule is CCNC(=NCc1ccc(OCC(F)(F)F)nc1)N1CCC(c2cnn(C)c2)C1.I. The summed E-state index contributed by atoms with van der Waals surface area (Å²) in [6.07, 6.45) is 2.09. The first-order valence-electron chi connectivity index (χ1n) is 9.50. The van der Waals surface area contributed by atoms with Crippen LogP contribution in [0.4, 0.5) is 13.2 Å². The summed E-state index contributed by atoms with van der Waals surface area (Å²) < 4.78 is 43.0. The topological polar surface area (TPSA) is 67.6 Å². The molecule has 7 nitrogen and oxygen atoms in total. The Morgan fingerprint density at radius 3 is 2.73 bits per heavy atom. The Labute approximate surface area is 190 Å². The largest absolute Gasteiger partial charge is 0.468 e. The number of pyridine rings is 1. The first-order chi connectivity index (χ1) is 13.8. The molecule has 166 valence electrons. The van der Waals surface area contributed by atoms with E-state index in [4.69, 9.17) is 0 Å². The Bertz CT molecular complexity index is 824. The van der Waals surface area contributed by atoms with Gasteiger partial charge in [-0.05, 0) is 24.5 Å². The highest BCUT2D eigenvalue weighted by atomic mass is 127. The van der Waals surface area contributed by atoms with Crippen molar-refractivity contribution in [3.05, 3.63) is 41.9 Å². The lowest BCUT2D eigenvalue weighted by molar-refractivity contribution is -0.154. The Hall–Kier alpha value is -2.05. The van der Waals surface area contributed by atoms with Crippen LogP contribution < -0.4 is 10.1 Å². The summed E-state index contributed by atoms with van der Waals surface area (Å²) in [5.41, 5.74) is 2.02. The standard InChI is InChI=1S/C19H25F3N6O.HI/c1-3-23-18(28-7-6-15(12-28)16-10-26-27(2)11-16)25-9-14-4-5-17(24-8-14)29-13-19(20,21)22;/h4-5,8,10-11,15H,3,6-7,9,12-13H2,1-2H3,(H,23,25);1H. The van der Waals surface area contributed by atoms with Gasteiger partial charge in [0.25, 0.3) is 0 Å². The first kappa shape index (κ1) is 24.2. The normalized spacial score (nSPS) is 17.0. The molecule has 0 amide bonds. The molecule has 0 aliphatic carbocycles. The van der Waals surface area contributed by atoms with Crippen LogP contribution in [-0.2, 0) is 13.6 Å². The van der Waals surface area contributed by atoms with Gasteiger partial charge in [-0.25, -0.2) is 9.98 Å². The van der Waals surface area contributed by atoms with Gasteiger partial charge in [0, 0.05) is 51.1 Å². The van der Waals surface area contributed by atoms with Crippen LogP contribution in [0.3, 0.4) is 0 Å². The minimum Gasteiger partial charge on any atom is -0.468 e. The van der Waals surface area contributed by atoms with Crippen LogP contribution in [0.1, 0.15) is 30.4 Å². The summed E-state index contributed by atoms with van der Waals surface area (Å²) in [4.78, 5) is 10.8. The third kappa shape index (κ3) is 7.03. The van der Waals surface area contributed by atoms with E-state index in [1.54, 1.807) is 6.07 Å². The van der Waals surface area contributed by atoms with Gasteiger partial charge in [-0.2, -0.15) is 18.3 Å². The van der Waals surface area contributed by atoms with Crippen molar-refractivity contribution in [2.75, 3.05) is 26.2 Å². The van der Waals surface area contributed by atoms with E-state index in [0.717, 1.165) is 37.6 Å². The molecule has 3 heterocycles. The van der Waals surface area contributed by atoms with E-state index in [1.807, 2.05) is 31.0 Å². The van der Waals surface area contributed by atoms with Crippen LogP contribution in [0.25, 0.3) is 0 Å². The molecule has 0 aromatic carbocycles. The minimum absolute atomic E-state index is 0. The van der Waals surface area contributed by atoms with Crippen LogP contribution in [0.15, 0.2) is 35.7 Å². The van der Waals surface area contributed by atoms with Gasteiger partial charge < -0.3 is 15.0 Å². The van der Waals surface area contributed by atoms with Gasteiger partial charge in [-0.1, -0.05) is 6.07 Å². The highest BCUT2D eigenvalue weighted by Crippen LogP contribution is 2.26. The number of alkyl halides is 3. The molecule has 0 spiro atoms. The number of hydrogen-bond donors (Lipinski definition) is 1. The van der Waals surface area contributed by atoms with Crippen molar-refractivity contribution in [2.24, 2.45) is 12.0 Å². The zero-order chi connectivity index (χ0) is 20.9. The van der Waals surface area contributed by atoms with Gasteiger partial charge in [0.05, 0.1) is 12.7 Å². The molecule has 1 N–H and O–H groups in total. The van der Waals surface area contributed by atoms with Crippen LogP contribution in [0, 0.1) is 0 Å². The maximum absolute atomic E-state index is 12.2. The summed E-state index contributed by atoms with van der Waals surface area (Å²) in [7, 11) is 1.91. The summed E-state index contributed by atoms with van der Waals surface area (Å²) in [5, 5.41) is 7.56. The number of hydrogen-bond acceptors (Lipinski definition) is 4. The molecule has 1 unspecified atom stereocenters. The number of aromatic nitrogens is 3. The molecular formula is C19H26F3IN6O. The van der Waals surface area contributed by atoms with E-state index in [2.05, 4.69) is 30.0 Å². The molecule has 1 aliphatic rings. The molecule has 0 bridgehead atoms. The maximum atomic E-state index is 12.2. The lowest BCUT2D eigenvalue weighted by atomic mass is 10.0. The fourth-order valence-electron chi connectivity index (χ4n) is 3.21. The summed E-state index contributed by atoms with van der Waals surface area (Å²) in [5.74, 6) is 1.18. The summed E-state index contributed by atoms with van der Waals surface area (Å²) in [6, 6.07) is 3.10. The third-order valence-corrected chi connectivity index (χ3v) is 4.61. The van der Waals surface area contributed by atoms with Crippen LogP contribution in [-0.4, -0.2) is 58.0 Å². The Balaban J connectivity index is 0.00000320. The second kappa shape index (κ2) is 10.8. The molecule has 1 fully saturated rings. The molecule has 2 aromatic heterocycles. The van der Waals surface area contributed by atoms with E-state index in [-0.39, 0.29) is 29.9 Å². The number of guanidine groups is 1. The lowest BCUT2D eigenvalue weighted by Crippen LogP contribution is -2.40. The molecule has 1 atom stereocenters. The molecule has 1 aliphatic heterocycles. The molecule has 30 heavy (non-hydrogen) atoms. The van der Waals surface area contributed by atoms with Gasteiger partial charge in [0.15, 0.2) is 12.6 Å². The Kier molecular flexibility index (Phi) is 8.74. The molecular weight excluding hydrogens is 512 g/mol. The van der Waals surface area contributed by atoms with Crippen molar-refractivity contribution in [1.82, 2.24) is 25.0 Å². The lowest BCUT2D eigenvalue weighted by Gasteiger charge is -2.21. The first-order valence-corrected chi connectivity index (χ1v) is 9.50. The Morgan fingerprint density at radius 2 is 2.13 bits per heavy atom. The molecule has 2 aromatic rings. The highest BCUT2D eigenvalue weighted by Gasteiger charge is 2.29. The van der Waals surface area contributed by atoms with Gasteiger partial charge >= 0.3 is 6.18 Å². The predicted octanol–water partition coefficient (Wildman–Crippen LogP) is 3.33. The number of aryl methyl sites for hydroxylation is 1. The molecule has 11 heteroatoms. The van der Waals surface area contributed by atoms with E-state index in [0.29, 0.717) is 12.5 Å². The number of halogens is 4. The second-order valence-corrected chi connectivity index (χ2v) is 6.96. The van der Waals surface area contributed by atoms with E-state index < -0.39 is 12.8 Å². The smallest absolute Gasteiger partial charge is 0.422 e. The Morgan fingerprint density at radius 1 is 1.33 bits per heavy atom. The number of rotatable bonds is 6. The van der Waals surface area contributed by atoms with Gasteiger partial charge in [0.1, 0.15) is 0 Å². The number of nitrogens with zero attached hydrogens (tertiary/aromatic N) is 5. The fraction of sp³-hybridized carbons (Fsp3) is 0.526. The maximum Gasteiger partial charge on any atom is 0.422 e. The number of nitrogens with one attached hydrogen (secondary N) is 1. The average Bonchev–Trinajstić information content (AvgIpc) is 3.33. The summed E-state index contributed by atoms with van der Waals surface area (Å²) >= 11 is 0. The van der Waals surface area contributed by atoms with Crippen molar-refractivity contribution >= 4 is 29.9 Å². The van der Waals surface area contributed by atoms with Crippen molar-refractivity contribution in [3.8, 4) is 5.88 Å². The minimum atomic E-state index is -4.38. The number of ether oxygens (including phenoxy) is 1. The zero-order valence-corrected chi connectivity index (χ0v) is 19.2. The van der Waals surface area contributed by atoms with E-state index in [9.17, 15) is 13.2 Å². The molecule has 0 radical (unpaired) electrons. The van der Waals surface area contributed by atoms with Crippen molar-refractivity contribution < 1.29 is 17.9 Å². The van der Waals surface area contributed by atoms with Gasteiger partial charge in [-0.15, -0.1) is 24.0 Å². The zero-order valence-electron chi connectivity index (χ0n) is 16.9. The van der Waals surface area contributed by atoms with Crippen molar-refractivity contribution in [2.45, 2.75) is 32.0 Å². The van der Waals surface area contributed by atoms with Gasteiger partial charge in [0.2, 0.25) is 5.88 Å². The monoisotopic (exact) mass is 538 g/mol. The second-order valence-electron chi connectivity index (χ2n) is 6.96. The van der Waals surface area contributed by atoms with Crippen molar-refractivity contribution in [1.29, 1.82) is 0 Å². The third-order valence-electron chi connectivity index (χ3n) is 4.61. The number of aliphatic imine (C=N–C) groups is 1. The highest BCUT2D eigenvalue weighted by molar-refractivity contribution is 14.0. The molecule has 1 saturated heterocycles. The van der Waals surface area contributed by atoms with Crippen molar-refractivity contribution in [3.63, 3.8) is 0 Å². The predicted molar refractivity (Wildman–Crippen MR) is 118 cm³/mol. The van der Waals surface area contributed by atoms with Gasteiger partial charge in [-0.3, -0.25) is 4.68 Å². The molecule has 0 saturated carbocycles. The van der Waals surface area contributed by atoms with Crippen LogP contribution in [0.5, 0.6) is 5.88 Å². The van der Waals surface area contributed by atoms with E-state index in [1.165, 1.54) is 17.8 Å². The van der Waals surface area contributed by atoms with Crippen LogP contribution >= 0.6 is 24.0 Å².